The molecule has 7 rings (SSSR count). The first-order chi connectivity index (χ1) is 27.3. The van der Waals surface area contributed by atoms with Gasteiger partial charge in [0.15, 0.2) is 5.82 Å². The second-order valence-corrected chi connectivity index (χ2v) is 16.0. The van der Waals surface area contributed by atoms with Gasteiger partial charge >= 0.3 is 0 Å². The van der Waals surface area contributed by atoms with Crippen LogP contribution in [-0.4, -0.2) is 43.7 Å². The van der Waals surface area contributed by atoms with Crippen LogP contribution < -0.4 is 5.73 Å². The highest BCUT2D eigenvalue weighted by molar-refractivity contribution is 6.43. The van der Waals surface area contributed by atoms with Crippen molar-refractivity contribution in [2.45, 2.75) is 96.9 Å². The van der Waals surface area contributed by atoms with Gasteiger partial charge in [0.2, 0.25) is 5.91 Å². The highest BCUT2D eigenvalue weighted by Crippen LogP contribution is 2.50. The third-order valence-electron chi connectivity index (χ3n) is 11.3. The molecular weight excluding hydrogens is 769 g/mol. The summed E-state index contributed by atoms with van der Waals surface area (Å²) < 4.78 is 31.8. The van der Waals surface area contributed by atoms with E-state index in [1.807, 2.05) is 17.9 Å². The minimum atomic E-state index is -0.993. The van der Waals surface area contributed by atoms with Gasteiger partial charge in [-0.3, -0.25) is 4.79 Å². The Morgan fingerprint density at radius 3 is 2.51 bits per heavy atom. The monoisotopic (exact) mass is 814 g/mol. The average molecular weight is 816 g/mol. The van der Waals surface area contributed by atoms with Crippen molar-refractivity contribution < 1.29 is 23.8 Å². The summed E-state index contributed by atoms with van der Waals surface area (Å²) >= 11 is 13.0. The van der Waals surface area contributed by atoms with E-state index in [2.05, 4.69) is 23.6 Å². The average Bonchev–Trinajstić information content (AvgIpc) is 3.57. The van der Waals surface area contributed by atoms with Crippen LogP contribution in [0.4, 0.5) is 8.78 Å². The number of carbonyl (C=O) groups excluding carboxylic acids is 1. The minimum Gasteiger partial charge on any atom is -0.392 e. The molecule has 2 fully saturated rings. The van der Waals surface area contributed by atoms with Crippen molar-refractivity contribution in [3.05, 3.63) is 98.3 Å². The van der Waals surface area contributed by atoms with E-state index in [1.165, 1.54) is 12.1 Å². The summed E-state index contributed by atoms with van der Waals surface area (Å²) in [7, 11) is 0. The minimum absolute atomic E-state index is 0.0355. The first-order valence-electron chi connectivity index (χ1n) is 19.3. The second kappa shape index (κ2) is 17.5. The predicted octanol–water partition coefficient (Wildman–Crippen LogP) is 9.77. The molecule has 0 spiro atoms. The van der Waals surface area contributed by atoms with Crippen molar-refractivity contribution in [1.82, 2.24) is 14.5 Å². The highest BCUT2D eigenvalue weighted by Gasteiger charge is 2.50. The lowest BCUT2D eigenvalue weighted by Gasteiger charge is -2.31. The molecule has 1 aliphatic carbocycles. The van der Waals surface area contributed by atoms with Gasteiger partial charge in [-0.1, -0.05) is 55.2 Å². The standard InChI is InChI=1S/C36H40Cl2FN5O2.C8H6FNO/c1-4-22(12-16-41)44-28(27-11-7-17-43(27)35(46)36(3)13-14-36)19-25-32(20(2)45)42-33-24(34(25)44)18-21(8-6-15-40)29(31(33)39)23-9-5-10-26(37)30(23)38;9-8-2-1-6(5-11)7(3-8)4-10/h5,9-10,18-20,22,27,45H,4,6-8,11-14,16-17,41H2,1-3H3;1-3,11H,5H2. The van der Waals surface area contributed by atoms with Crippen molar-refractivity contribution >= 4 is 50.9 Å². The Balaban J connectivity index is 0.000000432. The molecule has 0 bridgehead atoms. The zero-order valence-corrected chi connectivity index (χ0v) is 33.8. The van der Waals surface area contributed by atoms with Gasteiger partial charge in [-0.15, -0.1) is 0 Å². The molecule has 1 saturated carbocycles. The molecule has 3 unspecified atom stereocenters. The number of amides is 1. The number of aliphatic hydroxyl groups excluding tert-OH is 2. The fraction of sp³-hybridized carbons (Fsp3) is 0.409. The van der Waals surface area contributed by atoms with E-state index < -0.39 is 17.7 Å². The smallest absolute Gasteiger partial charge is 0.229 e. The van der Waals surface area contributed by atoms with Gasteiger partial charge in [0.1, 0.15) is 11.3 Å². The number of aromatic nitrogens is 2. The zero-order chi connectivity index (χ0) is 41.2. The number of fused-ring (bicyclic) bond motifs is 3. The van der Waals surface area contributed by atoms with E-state index in [1.54, 1.807) is 31.2 Å². The molecule has 1 saturated heterocycles. The molecule has 57 heavy (non-hydrogen) atoms. The van der Waals surface area contributed by atoms with Gasteiger partial charge in [-0.2, -0.15) is 10.5 Å². The molecule has 5 aromatic rings. The van der Waals surface area contributed by atoms with Crippen molar-refractivity contribution in [1.29, 1.82) is 10.5 Å². The maximum absolute atomic E-state index is 17.1. The van der Waals surface area contributed by atoms with Crippen molar-refractivity contribution in [3.63, 3.8) is 0 Å². The molecular formula is C44H46Cl2F2N6O3. The number of aryl methyl sites for hydroxylation is 1. The molecule has 9 nitrogen and oxygen atoms in total. The summed E-state index contributed by atoms with van der Waals surface area (Å²) in [4.78, 5) is 20.6. The Morgan fingerprint density at radius 2 is 1.88 bits per heavy atom. The van der Waals surface area contributed by atoms with Crippen LogP contribution in [-0.2, 0) is 17.8 Å². The summed E-state index contributed by atoms with van der Waals surface area (Å²) in [5.41, 5.74) is 9.96. The first-order valence-corrected chi connectivity index (χ1v) is 20.1. The maximum Gasteiger partial charge on any atom is 0.229 e. The molecule has 3 aromatic carbocycles. The Kier molecular flexibility index (Phi) is 12.9. The highest BCUT2D eigenvalue weighted by atomic mass is 35.5. The Bertz CT molecular complexity index is 2420. The van der Waals surface area contributed by atoms with Gasteiger partial charge < -0.3 is 25.4 Å². The Morgan fingerprint density at radius 1 is 1.12 bits per heavy atom. The molecule has 298 valence electrons. The summed E-state index contributed by atoms with van der Waals surface area (Å²) in [6.07, 6.45) is 4.41. The van der Waals surface area contributed by atoms with Crippen LogP contribution in [0, 0.1) is 39.7 Å². The quantitative estimate of drug-likeness (QED) is 0.120. The van der Waals surface area contributed by atoms with Crippen molar-refractivity contribution in [2.24, 2.45) is 11.1 Å². The maximum atomic E-state index is 17.1. The lowest BCUT2D eigenvalue weighted by molar-refractivity contribution is -0.137. The lowest BCUT2D eigenvalue weighted by atomic mass is 9.92. The third-order valence-corrected chi connectivity index (χ3v) is 12.2. The molecule has 0 radical (unpaired) electrons. The van der Waals surface area contributed by atoms with Crippen LogP contribution >= 0.6 is 23.2 Å². The van der Waals surface area contributed by atoms with E-state index >= 15 is 4.39 Å². The summed E-state index contributed by atoms with van der Waals surface area (Å²) in [5, 5.41) is 39.5. The number of nitrogens with two attached hydrogens (primary N) is 1. The number of hydrogen-bond acceptors (Lipinski definition) is 7. The SMILES string of the molecule is CCC(CCN)n1c(C2CCCN2C(=O)C2(C)CC2)cc2c(C(C)O)nc3c(F)c(-c4cccc(Cl)c4Cl)c(CCC#N)cc3c21.N#Cc1cc(F)ccc1CO. The van der Waals surface area contributed by atoms with Gasteiger partial charge in [-0.25, -0.2) is 13.8 Å². The number of hydrogen-bond donors (Lipinski definition) is 3. The van der Waals surface area contributed by atoms with Crippen LogP contribution in [0.3, 0.4) is 0 Å². The molecule has 3 heterocycles. The van der Waals surface area contributed by atoms with E-state index in [4.69, 9.17) is 44.3 Å². The van der Waals surface area contributed by atoms with Gasteiger partial charge in [0.05, 0.1) is 57.7 Å². The number of aliphatic hydroxyl groups is 2. The molecule has 1 aliphatic heterocycles. The number of nitriles is 2. The van der Waals surface area contributed by atoms with Crippen molar-refractivity contribution in [3.8, 4) is 23.3 Å². The van der Waals surface area contributed by atoms with Crippen LogP contribution in [0.2, 0.25) is 10.0 Å². The number of pyridine rings is 1. The van der Waals surface area contributed by atoms with E-state index in [9.17, 15) is 19.6 Å². The fourth-order valence-corrected chi connectivity index (χ4v) is 8.48. The summed E-state index contributed by atoms with van der Waals surface area (Å²) in [6, 6.07) is 16.5. The number of nitrogens with zero attached hydrogens (tertiary/aromatic N) is 5. The molecule has 2 aromatic heterocycles. The number of halogens is 4. The zero-order valence-electron chi connectivity index (χ0n) is 32.3. The first kappa shape index (κ1) is 42.0. The second-order valence-electron chi connectivity index (χ2n) is 15.2. The molecule has 13 heteroatoms. The Hall–Kier alpha value is -4.62. The van der Waals surface area contributed by atoms with Gasteiger partial charge in [-0.05, 0) is 99.9 Å². The van der Waals surface area contributed by atoms with E-state index in [-0.39, 0.29) is 64.5 Å². The molecule has 1 amide bonds. The van der Waals surface area contributed by atoms with Crippen molar-refractivity contribution in [2.75, 3.05) is 13.1 Å². The molecule has 4 N–H and O–H groups in total. The number of carbonyl (C=O) groups is 1. The summed E-state index contributed by atoms with van der Waals surface area (Å²) in [6.45, 7) is 6.69. The predicted molar refractivity (Wildman–Crippen MR) is 218 cm³/mol. The number of benzene rings is 3. The van der Waals surface area contributed by atoms with Gasteiger partial charge in [0.25, 0.3) is 0 Å². The third kappa shape index (κ3) is 8.10. The van der Waals surface area contributed by atoms with Crippen LogP contribution in [0.25, 0.3) is 32.9 Å². The van der Waals surface area contributed by atoms with Crippen LogP contribution in [0.1, 0.15) is 112 Å². The normalized spacial score (nSPS) is 16.8. The van der Waals surface area contributed by atoms with Crippen LogP contribution in [0.15, 0.2) is 48.5 Å². The van der Waals surface area contributed by atoms with Crippen LogP contribution in [0.5, 0.6) is 0 Å². The van der Waals surface area contributed by atoms with Gasteiger partial charge in [0, 0.05) is 52.0 Å². The number of likely N-dealkylation sites (tertiary alicyclic amines) is 1. The Labute approximate surface area is 341 Å². The topological polar surface area (TPSA) is 152 Å². The molecule has 3 atom stereocenters. The molecule has 2 aliphatic rings. The largest absolute Gasteiger partial charge is 0.392 e. The fourth-order valence-electron chi connectivity index (χ4n) is 8.09. The number of rotatable bonds is 11. The summed E-state index contributed by atoms with van der Waals surface area (Å²) in [5.74, 6) is -0.858. The van der Waals surface area contributed by atoms with E-state index in [0.29, 0.717) is 52.3 Å². The lowest BCUT2D eigenvalue weighted by Crippen LogP contribution is -2.36. The van der Waals surface area contributed by atoms with E-state index in [0.717, 1.165) is 54.8 Å².